The lowest BCUT2D eigenvalue weighted by Gasteiger charge is -2.35. The Hall–Kier alpha value is -0.190. The number of halogens is 4. The molecule has 2 unspecified atom stereocenters. The zero-order chi connectivity index (χ0) is 14.0. The van der Waals surface area contributed by atoms with E-state index in [0.717, 1.165) is 25.7 Å². The number of rotatable bonds is 3. The molecule has 1 aromatic rings. The molecule has 1 aliphatic rings. The van der Waals surface area contributed by atoms with E-state index in [2.05, 4.69) is 15.9 Å². The molecule has 2 rings (SSSR count). The van der Waals surface area contributed by atoms with E-state index in [1.807, 2.05) is 11.9 Å². The molecular formula is C14H17BrClF2N. The zero-order valence-electron chi connectivity index (χ0n) is 10.8. The van der Waals surface area contributed by atoms with Crippen molar-refractivity contribution < 1.29 is 8.78 Å². The number of hydrogen-bond acceptors (Lipinski definition) is 1. The molecule has 0 heterocycles. The Bertz CT molecular complexity index is 455. The number of nitrogens with zero attached hydrogens (tertiary/aromatic N) is 1. The van der Waals surface area contributed by atoms with Gasteiger partial charge in [-0.2, -0.15) is 0 Å². The van der Waals surface area contributed by atoms with Gasteiger partial charge in [0, 0.05) is 23.5 Å². The second kappa shape index (κ2) is 6.51. The third kappa shape index (κ3) is 3.47. The minimum absolute atomic E-state index is 0.0667. The number of benzene rings is 1. The molecular weight excluding hydrogens is 336 g/mol. The number of hydrogen-bond donors (Lipinski definition) is 0. The summed E-state index contributed by atoms with van der Waals surface area (Å²) >= 11 is 9.41. The van der Waals surface area contributed by atoms with Gasteiger partial charge < -0.3 is 0 Å². The monoisotopic (exact) mass is 351 g/mol. The Morgan fingerprint density at radius 1 is 1.32 bits per heavy atom. The van der Waals surface area contributed by atoms with E-state index >= 15 is 0 Å². The Balaban J connectivity index is 2.14. The minimum Gasteiger partial charge on any atom is -0.297 e. The van der Waals surface area contributed by atoms with Crippen LogP contribution in [0.4, 0.5) is 8.78 Å². The van der Waals surface area contributed by atoms with Crippen LogP contribution < -0.4 is 0 Å². The van der Waals surface area contributed by atoms with Gasteiger partial charge in [0.2, 0.25) is 0 Å². The highest BCUT2D eigenvalue weighted by atomic mass is 79.9. The van der Waals surface area contributed by atoms with Gasteiger partial charge in [0.15, 0.2) is 0 Å². The lowest BCUT2D eigenvalue weighted by molar-refractivity contribution is 0.184. The fourth-order valence-electron chi connectivity index (χ4n) is 2.64. The van der Waals surface area contributed by atoms with Crippen LogP contribution >= 0.6 is 27.5 Å². The van der Waals surface area contributed by atoms with Crippen LogP contribution in [0.15, 0.2) is 16.6 Å². The van der Waals surface area contributed by atoms with Gasteiger partial charge in [-0.3, -0.25) is 4.90 Å². The predicted molar refractivity (Wildman–Crippen MR) is 77.4 cm³/mol. The van der Waals surface area contributed by atoms with Gasteiger partial charge >= 0.3 is 0 Å². The second-order valence-corrected chi connectivity index (χ2v) is 6.52. The first-order chi connectivity index (χ1) is 9.00. The molecule has 0 saturated heterocycles. The molecule has 5 heteroatoms. The van der Waals surface area contributed by atoms with Crippen molar-refractivity contribution in [1.29, 1.82) is 0 Å². The SMILES string of the molecule is CN(Cc1c(F)ccc(Br)c1F)C1CCCCC1Cl. The van der Waals surface area contributed by atoms with Crippen molar-refractivity contribution >= 4 is 27.5 Å². The highest BCUT2D eigenvalue weighted by molar-refractivity contribution is 9.10. The minimum atomic E-state index is -0.520. The third-order valence-electron chi connectivity index (χ3n) is 3.76. The van der Waals surface area contributed by atoms with Gasteiger partial charge in [0.25, 0.3) is 0 Å². The molecule has 0 spiro atoms. The van der Waals surface area contributed by atoms with E-state index in [-0.39, 0.29) is 23.5 Å². The zero-order valence-corrected chi connectivity index (χ0v) is 13.1. The van der Waals surface area contributed by atoms with Gasteiger partial charge in [-0.25, -0.2) is 8.78 Å². The van der Waals surface area contributed by atoms with Crippen LogP contribution in [0.5, 0.6) is 0 Å². The Labute approximate surface area is 126 Å². The average molecular weight is 353 g/mol. The first kappa shape index (κ1) is 15.2. The molecule has 0 amide bonds. The molecule has 1 nitrogen and oxygen atoms in total. The molecule has 106 valence electrons. The van der Waals surface area contributed by atoms with E-state index in [4.69, 9.17) is 11.6 Å². The Morgan fingerprint density at radius 3 is 2.68 bits per heavy atom. The van der Waals surface area contributed by atoms with E-state index in [1.165, 1.54) is 12.1 Å². The van der Waals surface area contributed by atoms with Crippen molar-refractivity contribution in [3.63, 3.8) is 0 Å². The van der Waals surface area contributed by atoms with Crippen molar-refractivity contribution in [3.8, 4) is 0 Å². The van der Waals surface area contributed by atoms with Crippen LogP contribution in [0.2, 0.25) is 0 Å². The first-order valence-corrected chi connectivity index (χ1v) is 7.70. The van der Waals surface area contributed by atoms with Crippen LogP contribution in [0.3, 0.4) is 0 Å². The topological polar surface area (TPSA) is 3.24 Å². The molecule has 19 heavy (non-hydrogen) atoms. The molecule has 1 saturated carbocycles. The van der Waals surface area contributed by atoms with Gasteiger partial charge in [-0.1, -0.05) is 12.8 Å². The van der Waals surface area contributed by atoms with Crippen molar-refractivity contribution in [1.82, 2.24) is 4.90 Å². The lowest BCUT2D eigenvalue weighted by Crippen LogP contribution is -2.40. The fourth-order valence-corrected chi connectivity index (χ4v) is 3.49. The predicted octanol–water partition coefficient (Wildman–Crippen LogP) is 4.71. The van der Waals surface area contributed by atoms with E-state index in [9.17, 15) is 8.78 Å². The molecule has 1 aliphatic carbocycles. The van der Waals surface area contributed by atoms with E-state index < -0.39 is 11.6 Å². The van der Waals surface area contributed by atoms with Gasteiger partial charge in [0.1, 0.15) is 11.6 Å². The highest BCUT2D eigenvalue weighted by Crippen LogP contribution is 2.29. The Morgan fingerprint density at radius 2 is 2.00 bits per heavy atom. The number of alkyl halides is 1. The van der Waals surface area contributed by atoms with Crippen molar-refractivity contribution in [2.75, 3.05) is 7.05 Å². The third-order valence-corrected chi connectivity index (χ3v) is 4.88. The smallest absolute Gasteiger partial charge is 0.144 e. The van der Waals surface area contributed by atoms with E-state index in [0.29, 0.717) is 4.47 Å². The van der Waals surface area contributed by atoms with E-state index in [1.54, 1.807) is 0 Å². The van der Waals surface area contributed by atoms with Crippen molar-refractivity contribution in [2.45, 2.75) is 43.6 Å². The van der Waals surface area contributed by atoms with Gasteiger partial charge in [-0.15, -0.1) is 11.6 Å². The summed E-state index contributed by atoms with van der Waals surface area (Å²) in [4.78, 5) is 1.96. The summed E-state index contributed by atoms with van der Waals surface area (Å²) < 4.78 is 28.0. The van der Waals surface area contributed by atoms with Crippen LogP contribution in [-0.4, -0.2) is 23.4 Å². The summed E-state index contributed by atoms with van der Waals surface area (Å²) in [7, 11) is 1.88. The standard InChI is InChI=1S/C14H17BrClF2N/c1-19(13-5-3-2-4-11(13)16)8-9-12(17)7-6-10(15)14(9)18/h6-7,11,13H,2-5,8H2,1H3. The molecule has 0 bridgehead atoms. The lowest BCUT2D eigenvalue weighted by atomic mass is 9.93. The highest BCUT2D eigenvalue weighted by Gasteiger charge is 2.27. The van der Waals surface area contributed by atoms with Crippen molar-refractivity contribution in [3.05, 3.63) is 33.8 Å². The molecule has 0 radical (unpaired) electrons. The van der Waals surface area contributed by atoms with Crippen LogP contribution in [-0.2, 0) is 6.54 Å². The summed E-state index contributed by atoms with van der Waals surface area (Å²) in [6.07, 6.45) is 4.22. The first-order valence-electron chi connectivity index (χ1n) is 6.47. The van der Waals surface area contributed by atoms with Crippen LogP contribution in [0.25, 0.3) is 0 Å². The second-order valence-electron chi connectivity index (χ2n) is 5.10. The average Bonchev–Trinajstić information content (AvgIpc) is 2.39. The summed E-state index contributed by atoms with van der Waals surface area (Å²) in [5.74, 6) is -1.02. The van der Waals surface area contributed by atoms with Gasteiger partial charge in [-0.05, 0) is 48.0 Å². The normalized spacial score (nSPS) is 23.9. The quantitative estimate of drug-likeness (QED) is 0.562. The molecule has 1 fully saturated rings. The molecule has 2 atom stereocenters. The van der Waals surface area contributed by atoms with Crippen LogP contribution in [0, 0.1) is 11.6 Å². The molecule has 0 aliphatic heterocycles. The maximum atomic E-state index is 13.9. The maximum absolute atomic E-state index is 13.9. The van der Waals surface area contributed by atoms with Gasteiger partial charge in [0.05, 0.1) is 4.47 Å². The summed E-state index contributed by atoms with van der Waals surface area (Å²) in [5, 5.41) is 0.0667. The molecule has 0 N–H and O–H groups in total. The van der Waals surface area contributed by atoms with Crippen LogP contribution in [0.1, 0.15) is 31.2 Å². The summed E-state index contributed by atoms with van der Waals surface area (Å²) in [6, 6.07) is 2.86. The largest absolute Gasteiger partial charge is 0.297 e. The summed E-state index contributed by atoms with van der Waals surface area (Å²) in [6.45, 7) is 0.241. The molecule has 1 aromatic carbocycles. The Kier molecular flexibility index (Phi) is 5.21. The molecule has 0 aromatic heterocycles. The van der Waals surface area contributed by atoms with Crippen molar-refractivity contribution in [2.24, 2.45) is 0 Å². The maximum Gasteiger partial charge on any atom is 0.144 e. The fraction of sp³-hybridized carbons (Fsp3) is 0.571. The summed E-state index contributed by atoms with van der Waals surface area (Å²) in [5.41, 5.74) is 0.103.